The second-order valence-corrected chi connectivity index (χ2v) is 4.39. The van der Waals surface area contributed by atoms with Crippen LogP contribution in [0.25, 0.3) is 0 Å². The number of nitrogens with zero attached hydrogens (tertiary/aromatic N) is 1. The summed E-state index contributed by atoms with van der Waals surface area (Å²) < 4.78 is 0. The molecule has 2 heteroatoms. The maximum Gasteiger partial charge on any atom is 0.129 e. The van der Waals surface area contributed by atoms with Crippen LogP contribution in [0.1, 0.15) is 44.6 Å². The number of pyridine rings is 1. The van der Waals surface area contributed by atoms with Gasteiger partial charge in [0, 0.05) is 12.2 Å². The van der Waals surface area contributed by atoms with E-state index >= 15 is 0 Å². The quantitative estimate of drug-likeness (QED) is 0.760. The van der Waals surface area contributed by atoms with Gasteiger partial charge in [-0.3, -0.25) is 0 Å². The number of anilines is 1. The average Bonchev–Trinajstić information content (AvgIpc) is 2.29. The van der Waals surface area contributed by atoms with Crippen molar-refractivity contribution in [1.82, 2.24) is 4.98 Å². The molecule has 1 aromatic rings. The molecule has 15 heavy (non-hydrogen) atoms. The van der Waals surface area contributed by atoms with Crippen LogP contribution in [0.4, 0.5) is 5.82 Å². The van der Waals surface area contributed by atoms with Crippen LogP contribution in [0.15, 0.2) is 18.3 Å². The third-order valence-electron chi connectivity index (χ3n) is 3.15. The zero-order valence-corrected chi connectivity index (χ0v) is 9.50. The molecular weight excluding hydrogens is 184 g/mol. The van der Waals surface area contributed by atoms with Crippen molar-refractivity contribution in [3.63, 3.8) is 0 Å². The molecule has 1 N–H and O–H groups in total. The van der Waals surface area contributed by atoms with Crippen molar-refractivity contribution < 1.29 is 0 Å². The van der Waals surface area contributed by atoms with Crippen LogP contribution < -0.4 is 5.32 Å². The van der Waals surface area contributed by atoms with Crippen LogP contribution >= 0.6 is 0 Å². The molecule has 1 atom stereocenters. The second-order valence-electron chi connectivity index (χ2n) is 4.39. The summed E-state index contributed by atoms with van der Waals surface area (Å²) in [5.41, 5.74) is 1.38. The van der Waals surface area contributed by atoms with E-state index in [-0.39, 0.29) is 0 Å². The monoisotopic (exact) mass is 204 g/mol. The highest BCUT2D eigenvalue weighted by Crippen LogP contribution is 2.24. The fourth-order valence-corrected chi connectivity index (χ4v) is 2.22. The second kappa shape index (κ2) is 5.15. The van der Waals surface area contributed by atoms with E-state index in [0.29, 0.717) is 6.04 Å². The Kier molecular flexibility index (Phi) is 3.59. The SMILES string of the molecule is CCCCCC1CCc2cccnc2N1. The van der Waals surface area contributed by atoms with E-state index in [9.17, 15) is 0 Å². The van der Waals surface area contributed by atoms with Crippen LogP contribution in [0.2, 0.25) is 0 Å². The molecule has 2 heterocycles. The van der Waals surface area contributed by atoms with E-state index in [2.05, 4.69) is 23.3 Å². The molecule has 0 saturated heterocycles. The first-order chi connectivity index (χ1) is 7.40. The van der Waals surface area contributed by atoms with Gasteiger partial charge in [0.05, 0.1) is 0 Å². The molecule has 2 rings (SSSR count). The number of rotatable bonds is 4. The van der Waals surface area contributed by atoms with Gasteiger partial charge in [0.15, 0.2) is 0 Å². The first kappa shape index (κ1) is 10.5. The van der Waals surface area contributed by atoms with Gasteiger partial charge >= 0.3 is 0 Å². The summed E-state index contributed by atoms with van der Waals surface area (Å²) in [7, 11) is 0. The smallest absolute Gasteiger partial charge is 0.129 e. The molecule has 0 amide bonds. The number of nitrogens with one attached hydrogen (secondary N) is 1. The minimum absolute atomic E-state index is 0.652. The summed E-state index contributed by atoms with van der Waals surface area (Å²) in [6.07, 6.45) is 9.63. The van der Waals surface area contributed by atoms with Gasteiger partial charge in [-0.15, -0.1) is 0 Å². The molecule has 1 aliphatic heterocycles. The standard InChI is InChI=1S/C13H20N2/c1-2-3-4-7-12-9-8-11-6-5-10-14-13(11)15-12/h5-6,10,12H,2-4,7-9H2,1H3,(H,14,15). The molecule has 0 saturated carbocycles. The van der Waals surface area contributed by atoms with Gasteiger partial charge in [0.2, 0.25) is 0 Å². The van der Waals surface area contributed by atoms with Crippen molar-refractivity contribution in [2.24, 2.45) is 0 Å². The van der Waals surface area contributed by atoms with Gasteiger partial charge < -0.3 is 5.32 Å². The Labute approximate surface area is 92.1 Å². The van der Waals surface area contributed by atoms with Gasteiger partial charge in [-0.1, -0.05) is 32.3 Å². The third kappa shape index (κ3) is 2.71. The highest BCUT2D eigenvalue weighted by atomic mass is 15.0. The lowest BCUT2D eigenvalue weighted by atomic mass is 9.97. The molecule has 0 fully saturated rings. The van der Waals surface area contributed by atoms with Crippen LogP contribution in [-0.4, -0.2) is 11.0 Å². The molecule has 0 bridgehead atoms. The van der Waals surface area contributed by atoms with Crippen molar-refractivity contribution in [2.45, 2.75) is 51.5 Å². The maximum absolute atomic E-state index is 4.39. The molecule has 0 spiro atoms. The molecule has 0 aromatic carbocycles. The summed E-state index contributed by atoms with van der Waals surface area (Å²) in [4.78, 5) is 4.39. The van der Waals surface area contributed by atoms with E-state index < -0.39 is 0 Å². The Morgan fingerprint density at radius 3 is 3.27 bits per heavy atom. The van der Waals surface area contributed by atoms with E-state index in [1.54, 1.807) is 0 Å². The van der Waals surface area contributed by atoms with Crippen molar-refractivity contribution in [2.75, 3.05) is 5.32 Å². The van der Waals surface area contributed by atoms with Gasteiger partial charge in [0.1, 0.15) is 5.82 Å². The number of fused-ring (bicyclic) bond motifs is 1. The molecule has 0 radical (unpaired) electrons. The Bertz CT molecular complexity index is 309. The van der Waals surface area contributed by atoms with Gasteiger partial charge in [-0.25, -0.2) is 4.98 Å². The lowest BCUT2D eigenvalue weighted by molar-refractivity contribution is 0.542. The molecular formula is C13H20N2. The lowest BCUT2D eigenvalue weighted by Crippen LogP contribution is -2.26. The Morgan fingerprint density at radius 1 is 1.47 bits per heavy atom. The van der Waals surface area contributed by atoms with Crippen molar-refractivity contribution in [3.05, 3.63) is 23.9 Å². The molecule has 1 unspecified atom stereocenters. The summed E-state index contributed by atoms with van der Waals surface area (Å²) in [5, 5.41) is 3.54. The van der Waals surface area contributed by atoms with Gasteiger partial charge in [-0.05, 0) is 30.9 Å². The molecule has 82 valence electrons. The fraction of sp³-hybridized carbons (Fsp3) is 0.615. The number of hydrogen-bond acceptors (Lipinski definition) is 2. The zero-order chi connectivity index (χ0) is 10.5. The van der Waals surface area contributed by atoms with Crippen molar-refractivity contribution in [1.29, 1.82) is 0 Å². The molecule has 0 aliphatic carbocycles. The third-order valence-corrected chi connectivity index (χ3v) is 3.15. The fourth-order valence-electron chi connectivity index (χ4n) is 2.22. The maximum atomic E-state index is 4.39. The summed E-state index contributed by atoms with van der Waals surface area (Å²) in [5.74, 6) is 1.12. The first-order valence-corrected chi connectivity index (χ1v) is 6.10. The zero-order valence-electron chi connectivity index (χ0n) is 9.50. The van der Waals surface area contributed by atoms with Crippen LogP contribution in [0.3, 0.4) is 0 Å². The first-order valence-electron chi connectivity index (χ1n) is 6.10. The minimum atomic E-state index is 0.652. The Hall–Kier alpha value is -1.05. The van der Waals surface area contributed by atoms with Gasteiger partial charge in [-0.2, -0.15) is 0 Å². The normalized spacial score (nSPS) is 19.4. The number of aromatic nitrogens is 1. The van der Waals surface area contributed by atoms with Crippen molar-refractivity contribution >= 4 is 5.82 Å². The van der Waals surface area contributed by atoms with E-state index in [1.807, 2.05) is 12.3 Å². The average molecular weight is 204 g/mol. The van der Waals surface area contributed by atoms with Crippen LogP contribution in [0, 0.1) is 0 Å². The van der Waals surface area contributed by atoms with E-state index in [4.69, 9.17) is 0 Å². The van der Waals surface area contributed by atoms with E-state index in [0.717, 1.165) is 5.82 Å². The minimum Gasteiger partial charge on any atom is -0.367 e. The summed E-state index contributed by atoms with van der Waals surface area (Å²) >= 11 is 0. The Morgan fingerprint density at radius 2 is 2.40 bits per heavy atom. The number of hydrogen-bond donors (Lipinski definition) is 1. The van der Waals surface area contributed by atoms with E-state index in [1.165, 1.54) is 44.1 Å². The number of aryl methyl sites for hydroxylation is 1. The van der Waals surface area contributed by atoms with Crippen LogP contribution in [-0.2, 0) is 6.42 Å². The number of unbranched alkanes of at least 4 members (excludes halogenated alkanes) is 2. The van der Waals surface area contributed by atoms with Crippen molar-refractivity contribution in [3.8, 4) is 0 Å². The highest BCUT2D eigenvalue weighted by molar-refractivity contribution is 5.46. The predicted octanol–water partition coefficient (Wildman–Crippen LogP) is 3.39. The Balaban J connectivity index is 1.88. The summed E-state index contributed by atoms with van der Waals surface area (Å²) in [6, 6.07) is 4.86. The molecule has 1 aliphatic rings. The van der Waals surface area contributed by atoms with Gasteiger partial charge in [0.25, 0.3) is 0 Å². The highest BCUT2D eigenvalue weighted by Gasteiger charge is 2.17. The molecule has 1 aromatic heterocycles. The largest absolute Gasteiger partial charge is 0.367 e. The predicted molar refractivity (Wildman–Crippen MR) is 64.1 cm³/mol. The molecule has 2 nitrogen and oxygen atoms in total. The lowest BCUT2D eigenvalue weighted by Gasteiger charge is -2.25. The summed E-state index contributed by atoms with van der Waals surface area (Å²) in [6.45, 7) is 2.26. The van der Waals surface area contributed by atoms with Crippen LogP contribution in [0.5, 0.6) is 0 Å². The topological polar surface area (TPSA) is 24.9 Å².